The van der Waals surface area contributed by atoms with Crippen molar-refractivity contribution in [3.63, 3.8) is 0 Å². The first-order valence-electron chi connectivity index (χ1n) is 10.1. The standard InChI is InChI=1S/C25H25N3O/c1-18-4-8-22(9-5-18)25-24(21-10-6-19(14-26)7-11-21)13-23(16-28-25)29-17-20-3-2-12-27-15-20/h4-11,13,16,20,27H,2-3,12,15,17H2,1H3. The van der Waals surface area contributed by atoms with Gasteiger partial charge in [-0.15, -0.1) is 0 Å². The smallest absolute Gasteiger partial charge is 0.138 e. The SMILES string of the molecule is Cc1ccc(-c2ncc(OCC3CCCNC3)cc2-c2ccc(C#N)cc2)cc1. The summed E-state index contributed by atoms with van der Waals surface area (Å²) in [4.78, 5) is 4.76. The van der Waals surface area contributed by atoms with E-state index < -0.39 is 0 Å². The number of aromatic nitrogens is 1. The third-order valence-electron chi connectivity index (χ3n) is 5.40. The van der Waals surface area contributed by atoms with E-state index in [1.165, 1.54) is 18.4 Å². The first kappa shape index (κ1) is 19.2. The molecule has 1 atom stereocenters. The number of hydrogen-bond acceptors (Lipinski definition) is 4. The van der Waals surface area contributed by atoms with E-state index in [1.807, 2.05) is 30.5 Å². The van der Waals surface area contributed by atoms with Crippen molar-refractivity contribution in [2.75, 3.05) is 19.7 Å². The quantitative estimate of drug-likeness (QED) is 0.675. The Labute approximate surface area is 172 Å². The number of nitrogens with one attached hydrogen (secondary N) is 1. The largest absolute Gasteiger partial charge is 0.492 e. The van der Waals surface area contributed by atoms with Crippen molar-refractivity contribution >= 4 is 0 Å². The molecule has 1 unspecified atom stereocenters. The molecule has 29 heavy (non-hydrogen) atoms. The van der Waals surface area contributed by atoms with Crippen molar-refractivity contribution < 1.29 is 4.74 Å². The number of pyridine rings is 1. The Hall–Kier alpha value is -3.16. The average Bonchev–Trinajstić information content (AvgIpc) is 2.79. The number of nitrogens with zero attached hydrogens (tertiary/aromatic N) is 2. The summed E-state index contributed by atoms with van der Waals surface area (Å²) in [6, 6.07) is 20.3. The molecule has 1 aromatic heterocycles. The number of piperidine rings is 1. The predicted molar refractivity (Wildman–Crippen MR) is 116 cm³/mol. The molecule has 0 radical (unpaired) electrons. The lowest BCUT2D eigenvalue weighted by Crippen LogP contribution is -2.33. The second-order valence-corrected chi connectivity index (χ2v) is 7.65. The molecule has 2 heterocycles. The average molecular weight is 383 g/mol. The van der Waals surface area contributed by atoms with Crippen LogP contribution in [0.5, 0.6) is 5.75 Å². The molecule has 1 saturated heterocycles. The van der Waals surface area contributed by atoms with Gasteiger partial charge in [-0.3, -0.25) is 4.98 Å². The van der Waals surface area contributed by atoms with Gasteiger partial charge in [-0.05, 0) is 50.1 Å². The zero-order chi connectivity index (χ0) is 20.1. The van der Waals surface area contributed by atoms with Crippen LogP contribution in [0.4, 0.5) is 0 Å². The summed E-state index contributed by atoms with van der Waals surface area (Å²) >= 11 is 0. The summed E-state index contributed by atoms with van der Waals surface area (Å²) in [5.41, 5.74) is 5.89. The van der Waals surface area contributed by atoms with Crippen molar-refractivity contribution in [3.8, 4) is 34.2 Å². The van der Waals surface area contributed by atoms with Gasteiger partial charge in [0.1, 0.15) is 5.75 Å². The minimum absolute atomic E-state index is 0.541. The van der Waals surface area contributed by atoms with Crippen LogP contribution in [0.1, 0.15) is 24.0 Å². The highest BCUT2D eigenvalue weighted by Gasteiger charge is 2.15. The molecule has 4 nitrogen and oxygen atoms in total. The van der Waals surface area contributed by atoms with E-state index in [2.05, 4.69) is 48.6 Å². The molecule has 3 aromatic rings. The van der Waals surface area contributed by atoms with Crippen LogP contribution in [0.15, 0.2) is 60.8 Å². The van der Waals surface area contributed by atoms with Crippen molar-refractivity contribution in [3.05, 3.63) is 71.9 Å². The molecule has 2 aromatic carbocycles. The lowest BCUT2D eigenvalue weighted by Gasteiger charge is -2.23. The zero-order valence-electron chi connectivity index (χ0n) is 16.7. The molecule has 4 rings (SSSR count). The molecule has 1 N–H and O–H groups in total. The maximum atomic E-state index is 9.11. The molecule has 146 valence electrons. The first-order valence-corrected chi connectivity index (χ1v) is 10.1. The molecule has 4 heteroatoms. The topological polar surface area (TPSA) is 57.9 Å². The summed E-state index contributed by atoms with van der Waals surface area (Å²) in [5.74, 6) is 1.32. The van der Waals surface area contributed by atoms with Gasteiger partial charge < -0.3 is 10.1 Å². The number of ether oxygens (including phenoxy) is 1. The Balaban J connectivity index is 1.66. The highest BCUT2D eigenvalue weighted by atomic mass is 16.5. The van der Waals surface area contributed by atoms with E-state index in [0.29, 0.717) is 18.1 Å². The van der Waals surface area contributed by atoms with Gasteiger partial charge in [0.25, 0.3) is 0 Å². The summed E-state index contributed by atoms with van der Waals surface area (Å²) in [6.07, 6.45) is 4.22. The molecule has 1 aliphatic heterocycles. The van der Waals surface area contributed by atoms with Gasteiger partial charge in [0.05, 0.1) is 30.1 Å². The molecule has 0 aliphatic carbocycles. The third kappa shape index (κ3) is 4.64. The molecule has 1 aliphatic rings. The van der Waals surface area contributed by atoms with Crippen LogP contribution < -0.4 is 10.1 Å². The number of rotatable bonds is 5. The molecule has 0 saturated carbocycles. The van der Waals surface area contributed by atoms with Crippen LogP contribution in [0.3, 0.4) is 0 Å². The normalized spacial score (nSPS) is 16.2. The number of nitriles is 1. The van der Waals surface area contributed by atoms with Gasteiger partial charge in [-0.25, -0.2) is 0 Å². The summed E-state index contributed by atoms with van der Waals surface area (Å²) in [6.45, 7) is 4.89. The molecule has 0 spiro atoms. The molecule has 1 fully saturated rings. The molecule has 0 amide bonds. The number of hydrogen-bond donors (Lipinski definition) is 1. The van der Waals surface area contributed by atoms with Crippen molar-refractivity contribution in [2.24, 2.45) is 5.92 Å². The van der Waals surface area contributed by atoms with E-state index in [0.717, 1.165) is 41.2 Å². The predicted octanol–water partition coefficient (Wildman–Crippen LogP) is 4.97. The van der Waals surface area contributed by atoms with Gasteiger partial charge >= 0.3 is 0 Å². The lowest BCUT2D eigenvalue weighted by atomic mass is 9.98. The second-order valence-electron chi connectivity index (χ2n) is 7.65. The van der Waals surface area contributed by atoms with Crippen molar-refractivity contribution in [1.29, 1.82) is 5.26 Å². The third-order valence-corrected chi connectivity index (χ3v) is 5.40. The van der Waals surface area contributed by atoms with Gasteiger partial charge in [0.15, 0.2) is 0 Å². The van der Waals surface area contributed by atoms with E-state index in [-0.39, 0.29) is 0 Å². The van der Waals surface area contributed by atoms with Crippen molar-refractivity contribution in [1.82, 2.24) is 10.3 Å². The molecule has 0 bridgehead atoms. The number of benzene rings is 2. The maximum Gasteiger partial charge on any atom is 0.138 e. The van der Waals surface area contributed by atoms with E-state index in [4.69, 9.17) is 15.0 Å². The van der Waals surface area contributed by atoms with Crippen LogP contribution in [0.2, 0.25) is 0 Å². The Kier molecular flexibility index (Phi) is 5.88. The van der Waals surface area contributed by atoms with Crippen LogP contribution in [0.25, 0.3) is 22.4 Å². The Bertz CT molecular complexity index is 998. The molecular formula is C25H25N3O. The van der Waals surface area contributed by atoms with Gasteiger partial charge in [-0.2, -0.15) is 5.26 Å². The second kappa shape index (κ2) is 8.89. The fraction of sp³-hybridized carbons (Fsp3) is 0.280. The van der Waals surface area contributed by atoms with E-state index in [1.54, 1.807) is 0 Å². The Morgan fingerprint density at radius 2 is 1.86 bits per heavy atom. The summed E-state index contributed by atoms with van der Waals surface area (Å²) in [7, 11) is 0. The zero-order valence-corrected chi connectivity index (χ0v) is 16.7. The fourth-order valence-corrected chi connectivity index (χ4v) is 3.69. The minimum atomic E-state index is 0.541. The highest BCUT2D eigenvalue weighted by molar-refractivity contribution is 5.81. The monoisotopic (exact) mass is 383 g/mol. The Morgan fingerprint density at radius 3 is 2.55 bits per heavy atom. The van der Waals surface area contributed by atoms with Gasteiger partial charge in [0.2, 0.25) is 0 Å². The van der Waals surface area contributed by atoms with Crippen LogP contribution in [-0.4, -0.2) is 24.7 Å². The van der Waals surface area contributed by atoms with Crippen LogP contribution in [0, 0.1) is 24.2 Å². The highest BCUT2D eigenvalue weighted by Crippen LogP contribution is 2.33. The summed E-state index contributed by atoms with van der Waals surface area (Å²) in [5, 5.41) is 12.5. The van der Waals surface area contributed by atoms with Gasteiger partial charge in [-0.1, -0.05) is 42.0 Å². The van der Waals surface area contributed by atoms with E-state index >= 15 is 0 Å². The fourth-order valence-electron chi connectivity index (χ4n) is 3.69. The minimum Gasteiger partial charge on any atom is -0.492 e. The van der Waals surface area contributed by atoms with Crippen LogP contribution in [-0.2, 0) is 0 Å². The van der Waals surface area contributed by atoms with E-state index in [9.17, 15) is 0 Å². The summed E-state index contributed by atoms with van der Waals surface area (Å²) < 4.78 is 6.11. The molecular weight excluding hydrogens is 358 g/mol. The number of aryl methyl sites for hydroxylation is 1. The van der Waals surface area contributed by atoms with Gasteiger partial charge in [0, 0.05) is 23.6 Å². The lowest BCUT2D eigenvalue weighted by molar-refractivity contribution is 0.218. The van der Waals surface area contributed by atoms with Crippen molar-refractivity contribution in [2.45, 2.75) is 19.8 Å². The van der Waals surface area contributed by atoms with Crippen LogP contribution >= 0.6 is 0 Å². The maximum absolute atomic E-state index is 9.11. The first-order chi connectivity index (χ1) is 14.2. The Morgan fingerprint density at radius 1 is 1.10 bits per heavy atom.